The van der Waals surface area contributed by atoms with Gasteiger partial charge in [-0.3, -0.25) is 4.90 Å². The van der Waals surface area contributed by atoms with Gasteiger partial charge in [-0.25, -0.2) is 4.79 Å². The second-order valence-electron chi connectivity index (χ2n) is 4.86. The molecular weight excluding hydrogens is 398 g/mol. The molecule has 0 atom stereocenters. The molecule has 2 rings (SSSR count). The van der Waals surface area contributed by atoms with E-state index >= 15 is 0 Å². The first-order valence-electron chi connectivity index (χ1n) is 6.87. The lowest BCUT2D eigenvalue weighted by molar-refractivity contribution is 0.0530. The second kappa shape index (κ2) is 7.93. The number of nitriles is 1. The fraction of sp³-hybridized carbons (Fsp3) is 0.333. The lowest BCUT2D eigenvalue weighted by Crippen LogP contribution is -2.19. The van der Waals surface area contributed by atoms with E-state index in [4.69, 9.17) is 10.5 Å². The van der Waals surface area contributed by atoms with Crippen molar-refractivity contribution >= 4 is 49.6 Å². The highest BCUT2D eigenvalue weighted by Crippen LogP contribution is 2.32. The van der Waals surface area contributed by atoms with Gasteiger partial charge in [0.1, 0.15) is 15.9 Å². The zero-order valence-electron chi connectivity index (χ0n) is 12.8. The molecule has 122 valence electrons. The van der Waals surface area contributed by atoms with Crippen LogP contribution in [0.3, 0.4) is 0 Å². The molecule has 0 saturated heterocycles. The number of hydrogen-bond acceptors (Lipinski definition) is 7. The number of halogens is 1. The van der Waals surface area contributed by atoms with Gasteiger partial charge in [0, 0.05) is 23.5 Å². The van der Waals surface area contributed by atoms with E-state index in [1.54, 1.807) is 18.3 Å². The quantitative estimate of drug-likeness (QED) is 0.727. The number of esters is 1. The van der Waals surface area contributed by atoms with Gasteiger partial charge in [-0.15, -0.1) is 22.7 Å². The number of carbonyl (C=O) groups is 1. The summed E-state index contributed by atoms with van der Waals surface area (Å²) in [5.74, 6) is -0.423. The zero-order chi connectivity index (χ0) is 17.0. The van der Waals surface area contributed by atoms with E-state index in [9.17, 15) is 10.1 Å². The standard InChI is InChI=1S/C15H16BrN3O2S2/c1-3-21-15(20)13-11(10(6-17)14(18)23-13)8-19(2)7-9-4-5-12(16)22-9/h4-5H,3,7-8,18H2,1-2H3. The van der Waals surface area contributed by atoms with E-state index in [-0.39, 0.29) is 6.61 Å². The average molecular weight is 414 g/mol. The summed E-state index contributed by atoms with van der Waals surface area (Å²) >= 11 is 6.22. The van der Waals surface area contributed by atoms with Crippen LogP contribution in [0, 0.1) is 11.3 Å². The minimum absolute atomic E-state index is 0.289. The molecule has 5 nitrogen and oxygen atoms in total. The number of hydrogen-bond donors (Lipinski definition) is 1. The number of thiophene rings is 2. The largest absolute Gasteiger partial charge is 0.462 e. The first-order valence-corrected chi connectivity index (χ1v) is 9.30. The molecular formula is C15H16BrN3O2S2. The van der Waals surface area contributed by atoms with Crippen LogP contribution in [0.1, 0.15) is 32.6 Å². The molecule has 0 aliphatic rings. The molecule has 0 bridgehead atoms. The Balaban J connectivity index is 2.23. The fourth-order valence-corrected chi connectivity index (χ4v) is 4.63. The molecule has 2 heterocycles. The Hall–Kier alpha value is -1.40. The summed E-state index contributed by atoms with van der Waals surface area (Å²) in [7, 11) is 1.94. The molecule has 0 saturated carbocycles. The van der Waals surface area contributed by atoms with E-state index in [2.05, 4.69) is 22.0 Å². The van der Waals surface area contributed by atoms with E-state index in [0.29, 0.717) is 27.5 Å². The molecule has 0 spiro atoms. The summed E-state index contributed by atoms with van der Waals surface area (Å²) < 4.78 is 6.14. The third-order valence-corrected chi connectivity index (χ3v) is 5.74. The van der Waals surface area contributed by atoms with Crippen LogP contribution in [0.5, 0.6) is 0 Å². The second-order valence-corrected chi connectivity index (χ2v) is 8.46. The Morgan fingerprint density at radius 3 is 2.74 bits per heavy atom. The maximum atomic E-state index is 12.1. The van der Waals surface area contributed by atoms with Gasteiger partial charge in [-0.1, -0.05) is 0 Å². The van der Waals surface area contributed by atoms with Crippen molar-refractivity contribution in [3.8, 4) is 6.07 Å². The summed E-state index contributed by atoms with van der Waals surface area (Å²) in [6, 6.07) is 6.15. The smallest absolute Gasteiger partial charge is 0.348 e. The van der Waals surface area contributed by atoms with Crippen molar-refractivity contribution < 1.29 is 9.53 Å². The summed E-state index contributed by atoms with van der Waals surface area (Å²) in [5, 5.41) is 9.69. The Morgan fingerprint density at radius 1 is 1.43 bits per heavy atom. The summed E-state index contributed by atoms with van der Waals surface area (Å²) in [6.45, 7) is 3.22. The Bertz CT molecular complexity index is 748. The lowest BCUT2D eigenvalue weighted by Gasteiger charge is -2.16. The minimum Gasteiger partial charge on any atom is -0.462 e. The fourth-order valence-electron chi connectivity index (χ4n) is 2.15. The van der Waals surface area contributed by atoms with Crippen LogP contribution in [0.25, 0.3) is 0 Å². The normalized spacial score (nSPS) is 10.7. The Morgan fingerprint density at radius 2 is 2.17 bits per heavy atom. The van der Waals surface area contributed by atoms with Crippen molar-refractivity contribution in [2.45, 2.75) is 20.0 Å². The van der Waals surface area contributed by atoms with Crippen LogP contribution in [-0.4, -0.2) is 24.5 Å². The molecule has 0 aliphatic carbocycles. The maximum Gasteiger partial charge on any atom is 0.348 e. The number of rotatable bonds is 6. The summed E-state index contributed by atoms with van der Waals surface area (Å²) in [6.07, 6.45) is 0. The number of nitrogens with two attached hydrogens (primary N) is 1. The molecule has 2 N–H and O–H groups in total. The first kappa shape index (κ1) is 17.9. The third-order valence-electron chi connectivity index (χ3n) is 3.09. The van der Waals surface area contributed by atoms with Crippen LogP contribution in [-0.2, 0) is 17.8 Å². The van der Waals surface area contributed by atoms with Crippen LogP contribution in [0.15, 0.2) is 15.9 Å². The zero-order valence-corrected chi connectivity index (χ0v) is 16.0. The molecule has 0 aliphatic heterocycles. The number of nitrogen functional groups attached to an aromatic ring is 1. The van der Waals surface area contributed by atoms with Crippen molar-refractivity contribution in [3.63, 3.8) is 0 Å². The number of ether oxygens (including phenoxy) is 1. The Kier molecular flexibility index (Phi) is 6.18. The molecule has 0 unspecified atom stereocenters. The van der Waals surface area contributed by atoms with Gasteiger partial charge >= 0.3 is 5.97 Å². The van der Waals surface area contributed by atoms with Gasteiger partial charge in [0.25, 0.3) is 0 Å². The molecule has 0 radical (unpaired) electrons. The van der Waals surface area contributed by atoms with E-state index < -0.39 is 5.97 Å². The molecule has 23 heavy (non-hydrogen) atoms. The number of anilines is 1. The molecule has 0 amide bonds. The highest BCUT2D eigenvalue weighted by atomic mass is 79.9. The highest BCUT2D eigenvalue weighted by molar-refractivity contribution is 9.11. The highest BCUT2D eigenvalue weighted by Gasteiger charge is 2.23. The van der Waals surface area contributed by atoms with Crippen molar-refractivity contribution in [1.29, 1.82) is 5.26 Å². The van der Waals surface area contributed by atoms with Crippen LogP contribution in [0.4, 0.5) is 5.00 Å². The minimum atomic E-state index is -0.423. The van der Waals surface area contributed by atoms with Gasteiger partial charge in [-0.05, 0) is 42.0 Å². The monoisotopic (exact) mass is 413 g/mol. The van der Waals surface area contributed by atoms with E-state index in [1.807, 2.05) is 24.1 Å². The van der Waals surface area contributed by atoms with Crippen LogP contribution < -0.4 is 5.73 Å². The molecule has 8 heteroatoms. The van der Waals surface area contributed by atoms with E-state index in [0.717, 1.165) is 21.7 Å². The topological polar surface area (TPSA) is 79.3 Å². The predicted molar refractivity (Wildman–Crippen MR) is 96.6 cm³/mol. The van der Waals surface area contributed by atoms with Gasteiger partial charge in [-0.2, -0.15) is 5.26 Å². The Labute approximate surface area is 151 Å². The third kappa shape index (κ3) is 4.32. The van der Waals surface area contributed by atoms with Gasteiger partial charge in [0.05, 0.1) is 16.0 Å². The molecule has 2 aromatic heterocycles. The van der Waals surface area contributed by atoms with Gasteiger partial charge < -0.3 is 10.5 Å². The first-order chi connectivity index (χ1) is 11.0. The predicted octanol–water partition coefficient (Wildman–Crippen LogP) is 3.83. The summed E-state index contributed by atoms with van der Waals surface area (Å²) in [4.78, 5) is 15.7. The molecule has 2 aromatic rings. The van der Waals surface area contributed by atoms with E-state index in [1.165, 1.54) is 4.88 Å². The SMILES string of the molecule is CCOC(=O)c1sc(N)c(C#N)c1CN(C)Cc1ccc(Br)s1. The molecule has 0 fully saturated rings. The van der Waals surface area contributed by atoms with Crippen molar-refractivity contribution in [2.75, 3.05) is 19.4 Å². The van der Waals surface area contributed by atoms with Gasteiger partial charge in [0.2, 0.25) is 0 Å². The average Bonchev–Trinajstić information content (AvgIpc) is 3.02. The van der Waals surface area contributed by atoms with Crippen LogP contribution >= 0.6 is 38.6 Å². The van der Waals surface area contributed by atoms with Crippen LogP contribution in [0.2, 0.25) is 0 Å². The van der Waals surface area contributed by atoms with Crippen molar-refractivity contribution in [3.05, 3.63) is 36.8 Å². The number of carbonyl (C=O) groups excluding carboxylic acids is 1. The van der Waals surface area contributed by atoms with Gasteiger partial charge in [0.15, 0.2) is 0 Å². The number of nitrogens with zero attached hydrogens (tertiary/aromatic N) is 2. The lowest BCUT2D eigenvalue weighted by atomic mass is 10.1. The van der Waals surface area contributed by atoms with Crippen molar-refractivity contribution in [1.82, 2.24) is 4.90 Å². The summed E-state index contributed by atoms with van der Waals surface area (Å²) in [5.41, 5.74) is 6.90. The molecule has 0 aromatic carbocycles. The maximum absolute atomic E-state index is 12.1. The van der Waals surface area contributed by atoms with Crippen molar-refractivity contribution in [2.24, 2.45) is 0 Å².